The van der Waals surface area contributed by atoms with E-state index in [0.29, 0.717) is 6.07 Å². The number of nitrogens with zero attached hydrogens (tertiary/aromatic N) is 2. The van der Waals surface area contributed by atoms with Crippen LogP contribution in [-0.4, -0.2) is 49.7 Å². The maximum atomic E-state index is 13.9. The van der Waals surface area contributed by atoms with Gasteiger partial charge in [0.15, 0.2) is 23.3 Å². The lowest BCUT2D eigenvalue weighted by molar-refractivity contribution is 0.0691. The fourth-order valence-corrected chi connectivity index (χ4v) is 4.56. The van der Waals surface area contributed by atoms with E-state index in [1.54, 1.807) is 19.1 Å². The van der Waals surface area contributed by atoms with Gasteiger partial charge in [-0.1, -0.05) is 6.07 Å². The van der Waals surface area contributed by atoms with Gasteiger partial charge in [0, 0.05) is 26.2 Å². The fraction of sp³-hybridized carbons (Fsp3) is 0.316. The van der Waals surface area contributed by atoms with Crippen molar-refractivity contribution in [2.24, 2.45) is 0 Å². The van der Waals surface area contributed by atoms with Crippen LogP contribution in [0.25, 0.3) is 0 Å². The number of halogens is 4. The first-order valence-electron chi connectivity index (χ1n) is 8.73. The Morgan fingerprint density at radius 1 is 0.862 bits per heavy atom. The molecular weight excluding hydrogens is 412 g/mol. The first-order chi connectivity index (χ1) is 13.5. The second kappa shape index (κ2) is 7.75. The van der Waals surface area contributed by atoms with Crippen molar-refractivity contribution in [1.29, 1.82) is 0 Å². The summed E-state index contributed by atoms with van der Waals surface area (Å²) in [5, 5.41) is 0. The van der Waals surface area contributed by atoms with Crippen molar-refractivity contribution in [3.63, 3.8) is 0 Å². The molecule has 0 spiro atoms. The predicted octanol–water partition coefficient (Wildman–Crippen LogP) is 3.01. The monoisotopic (exact) mass is 430 g/mol. The van der Waals surface area contributed by atoms with E-state index in [-0.39, 0.29) is 31.1 Å². The third-order valence-corrected chi connectivity index (χ3v) is 6.87. The summed E-state index contributed by atoms with van der Waals surface area (Å²) in [6.45, 7) is 3.28. The van der Waals surface area contributed by atoms with Crippen LogP contribution < -0.4 is 0 Å². The van der Waals surface area contributed by atoms with Gasteiger partial charge in [0.1, 0.15) is 0 Å². The SMILES string of the molecule is Cc1ccc(S(=O)(=O)N2CCN(C(=O)c3cc(F)c(F)c(F)c3F)CC2)cc1C. The van der Waals surface area contributed by atoms with Crippen molar-refractivity contribution in [2.75, 3.05) is 26.2 Å². The summed E-state index contributed by atoms with van der Waals surface area (Å²) >= 11 is 0. The Balaban J connectivity index is 1.77. The van der Waals surface area contributed by atoms with Crippen molar-refractivity contribution in [3.8, 4) is 0 Å². The Morgan fingerprint density at radius 2 is 1.48 bits per heavy atom. The van der Waals surface area contributed by atoms with Crippen molar-refractivity contribution in [1.82, 2.24) is 9.21 Å². The molecule has 0 unspecified atom stereocenters. The van der Waals surface area contributed by atoms with Crippen LogP contribution in [0, 0.1) is 37.1 Å². The lowest BCUT2D eigenvalue weighted by atomic mass is 10.1. The van der Waals surface area contributed by atoms with E-state index in [4.69, 9.17) is 0 Å². The molecule has 1 aliphatic heterocycles. The number of carbonyl (C=O) groups excluding carboxylic acids is 1. The number of hydrogen-bond donors (Lipinski definition) is 0. The van der Waals surface area contributed by atoms with E-state index in [1.807, 2.05) is 6.92 Å². The van der Waals surface area contributed by atoms with E-state index in [1.165, 1.54) is 10.4 Å². The number of carbonyl (C=O) groups is 1. The lowest BCUT2D eigenvalue weighted by Gasteiger charge is -2.34. The largest absolute Gasteiger partial charge is 0.336 e. The molecule has 0 aromatic heterocycles. The number of rotatable bonds is 3. The number of piperazine rings is 1. The van der Waals surface area contributed by atoms with Crippen LogP contribution in [0.4, 0.5) is 17.6 Å². The highest BCUT2D eigenvalue weighted by molar-refractivity contribution is 7.89. The Bertz CT molecular complexity index is 1080. The maximum Gasteiger partial charge on any atom is 0.257 e. The summed E-state index contributed by atoms with van der Waals surface area (Å²) in [5.74, 6) is -8.56. The first-order valence-corrected chi connectivity index (χ1v) is 10.2. The first kappa shape index (κ1) is 21.3. The zero-order valence-corrected chi connectivity index (χ0v) is 16.5. The summed E-state index contributed by atoms with van der Waals surface area (Å²) in [6.07, 6.45) is 0. The van der Waals surface area contributed by atoms with Crippen molar-refractivity contribution in [2.45, 2.75) is 18.7 Å². The average Bonchev–Trinajstić information content (AvgIpc) is 2.70. The number of hydrogen-bond acceptors (Lipinski definition) is 3. The third-order valence-electron chi connectivity index (χ3n) is 4.98. The molecule has 1 heterocycles. The summed E-state index contributed by atoms with van der Waals surface area (Å²) in [7, 11) is -3.79. The molecule has 0 radical (unpaired) electrons. The molecule has 156 valence electrons. The van der Waals surface area contributed by atoms with Gasteiger partial charge in [0.2, 0.25) is 10.0 Å². The summed E-state index contributed by atoms with van der Waals surface area (Å²) < 4.78 is 80.5. The van der Waals surface area contributed by atoms with E-state index in [2.05, 4.69) is 0 Å². The molecule has 2 aromatic rings. The summed E-state index contributed by atoms with van der Waals surface area (Å²) in [5.41, 5.74) is 0.822. The van der Waals surface area contributed by atoms with Gasteiger partial charge in [-0.05, 0) is 43.2 Å². The second-order valence-electron chi connectivity index (χ2n) is 6.79. The molecule has 3 rings (SSSR count). The Kier molecular flexibility index (Phi) is 5.68. The molecule has 1 saturated heterocycles. The molecule has 1 amide bonds. The minimum Gasteiger partial charge on any atom is -0.336 e. The van der Waals surface area contributed by atoms with Crippen LogP contribution in [0.1, 0.15) is 21.5 Å². The Morgan fingerprint density at radius 3 is 2.07 bits per heavy atom. The highest BCUT2D eigenvalue weighted by atomic mass is 32.2. The maximum absolute atomic E-state index is 13.9. The molecule has 29 heavy (non-hydrogen) atoms. The molecule has 0 aliphatic carbocycles. The molecule has 10 heteroatoms. The van der Waals surface area contributed by atoms with E-state index < -0.39 is 44.8 Å². The van der Waals surface area contributed by atoms with E-state index >= 15 is 0 Å². The molecule has 0 bridgehead atoms. The lowest BCUT2D eigenvalue weighted by Crippen LogP contribution is -2.50. The minimum atomic E-state index is -3.79. The van der Waals surface area contributed by atoms with Crippen LogP contribution >= 0.6 is 0 Å². The Hall–Kier alpha value is -2.46. The zero-order chi connectivity index (χ0) is 21.5. The van der Waals surface area contributed by atoms with Gasteiger partial charge in [0.25, 0.3) is 5.91 Å². The van der Waals surface area contributed by atoms with Gasteiger partial charge >= 0.3 is 0 Å². The number of benzene rings is 2. The van der Waals surface area contributed by atoms with Crippen LogP contribution in [0.2, 0.25) is 0 Å². The normalized spacial score (nSPS) is 15.6. The number of sulfonamides is 1. The topological polar surface area (TPSA) is 57.7 Å². The summed E-state index contributed by atoms with van der Waals surface area (Å²) in [4.78, 5) is 13.6. The second-order valence-corrected chi connectivity index (χ2v) is 8.73. The molecular formula is C19H18F4N2O3S. The highest BCUT2D eigenvalue weighted by Crippen LogP contribution is 2.23. The highest BCUT2D eigenvalue weighted by Gasteiger charge is 2.32. The fourth-order valence-electron chi connectivity index (χ4n) is 3.05. The molecule has 2 aromatic carbocycles. The van der Waals surface area contributed by atoms with Crippen LogP contribution in [0.15, 0.2) is 29.2 Å². The van der Waals surface area contributed by atoms with E-state index in [0.717, 1.165) is 16.0 Å². The quantitative estimate of drug-likeness (QED) is 0.427. The Labute approximate surface area is 165 Å². The van der Waals surface area contributed by atoms with Gasteiger partial charge in [0.05, 0.1) is 10.5 Å². The van der Waals surface area contributed by atoms with Crippen LogP contribution in [0.3, 0.4) is 0 Å². The number of amides is 1. The number of aryl methyl sites for hydroxylation is 2. The van der Waals surface area contributed by atoms with Crippen molar-refractivity contribution >= 4 is 15.9 Å². The van der Waals surface area contributed by atoms with Crippen LogP contribution in [0.5, 0.6) is 0 Å². The van der Waals surface area contributed by atoms with E-state index in [9.17, 15) is 30.8 Å². The smallest absolute Gasteiger partial charge is 0.257 e. The van der Waals surface area contributed by atoms with Gasteiger partial charge in [-0.25, -0.2) is 26.0 Å². The summed E-state index contributed by atoms with van der Waals surface area (Å²) in [6, 6.07) is 5.05. The van der Waals surface area contributed by atoms with Gasteiger partial charge < -0.3 is 4.90 Å². The van der Waals surface area contributed by atoms with Crippen molar-refractivity contribution < 1.29 is 30.8 Å². The van der Waals surface area contributed by atoms with Gasteiger partial charge in [-0.2, -0.15) is 4.31 Å². The molecule has 1 fully saturated rings. The zero-order valence-electron chi connectivity index (χ0n) is 15.7. The molecule has 1 aliphatic rings. The standard InChI is InChI=1S/C19H18F4N2O3S/c1-11-3-4-13(9-12(11)2)29(27,28)25-7-5-24(6-8-25)19(26)14-10-15(20)17(22)18(23)16(14)21/h3-4,9-10H,5-8H2,1-2H3. The average molecular weight is 430 g/mol. The molecule has 0 N–H and O–H groups in total. The molecule has 0 atom stereocenters. The van der Waals surface area contributed by atoms with Crippen LogP contribution in [-0.2, 0) is 10.0 Å². The predicted molar refractivity (Wildman–Crippen MR) is 96.9 cm³/mol. The minimum absolute atomic E-state index is 0.0746. The molecule has 5 nitrogen and oxygen atoms in total. The molecule has 0 saturated carbocycles. The van der Waals surface area contributed by atoms with Crippen molar-refractivity contribution in [3.05, 3.63) is 64.2 Å². The third kappa shape index (κ3) is 3.86. The van der Waals surface area contributed by atoms with Gasteiger partial charge in [-0.3, -0.25) is 4.79 Å². The van der Waals surface area contributed by atoms with Gasteiger partial charge in [-0.15, -0.1) is 0 Å².